The van der Waals surface area contributed by atoms with Crippen molar-refractivity contribution in [2.24, 2.45) is 0 Å². The number of hydrogen-bond acceptors (Lipinski definition) is 4. The lowest BCUT2D eigenvalue weighted by atomic mass is 10.2. The molecule has 1 amide bonds. The predicted molar refractivity (Wildman–Crippen MR) is 98.3 cm³/mol. The Balaban J connectivity index is 1.87. The van der Waals surface area contributed by atoms with Gasteiger partial charge in [0.2, 0.25) is 15.9 Å². The first-order valence-electron chi connectivity index (χ1n) is 7.95. The highest BCUT2D eigenvalue weighted by molar-refractivity contribution is 7.92. The second-order valence-electron chi connectivity index (χ2n) is 5.76. The quantitative estimate of drug-likeness (QED) is 0.712. The van der Waals surface area contributed by atoms with E-state index >= 15 is 0 Å². The molecule has 26 heavy (non-hydrogen) atoms. The van der Waals surface area contributed by atoms with E-state index in [-0.39, 0.29) is 18.8 Å². The van der Waals surface area contributed by atoms with E-state index in [1.165, 1.54) is 12.1 Å². The standard InChI is InChI=1S/C18H21FN2O4S/c1-14-3-9-17(10-4-14)25-12-11-20-18(22)13-21(26(2,23)24)16-7-5-15(19)6-8-16/h3-10H,11-13H2,1-2H3,(H,20,22). The van der Waals surface area contributed by atoms with Crippen LogP contribution in [0.15, 0.2) is 48.5 Å². The van der Waals surface area contributed by atoms with Crippen LogP contribution in [0.5, 0.6) is 5.75 Å². The van der Waals surface area contributed by atoms with E-state index in [9.17, 15) is 17.6 Å². The number of nitrogens with zero attached hydrogens (tertiary/aromatic N) is 1. The third-order valence-corrected chi connectivity index (χ3v) is 4.66. The van der Waals surface area contributed by atoms with Crippen LogP contribution in [-0.2, 0) is 14.8 Å². The number of sulfonamides is 1. The van der Waals surface area contributed by atoms with Crippen molar-refractivity contribution in [3.8, 4) is 5.75 Å². The molecule has 0 aliphatic carbocycles. The van der Waals surface area contributed by atoms with E-state index in [2.05, 4.69) is 5.32 Å². The molecule has 0 radical (unpaired) electrons. The molecule has 6 nitrogen and oxygen atoms in total. The maximum absolute atomic E-state index is 13.0. The summed E-state index contributed by atoms with van der Waals surface area (Å²) in [5.74, 6) is -0.277. The first-order valence-corrected chi connectivity index (χ1v) is 9.80. The second-order valence-corrected chi connectivity index (χ2v) is 7.66. The van der Waals surface area contributed by atoms with Gasteiger partial charge in [-0.05, 0) is 43.3 Å². The summed E-state index contributed by atoms with van der Waals surface area (Å²) in [6.07, 6.45) is 0.990. The van der Waals surface area contributed by atoms with Gasteiger partial charge in [-0.3, -0.25) is 9.10 Å². The molecule has 0 spiro atoms. The Morgan fingerprint density at radius 2 is 1.73 bits per heavy atom. The summed E-state index contributed by atoms with van der Waals surface area (Å²) >= 11 is 0. The highest BCUT2D eigenvalue weighted by Crippen LogP contribution is 2.17. The van der Waals surface area contributed by atoms with E-state index in [0.29, 0.717) is 5.75 Å². The van der Waals surface area contributed by atoms with Crippen molar-refractivity contribution < 1.29 is 22.3 Å². The molecule has 0 aromatic heterocycles. The molecule has 0 heterocycles. The molecule has 0 saturated heterocycles. The largest absolute Gasteiger partial charge is 0.492 e. The summed E-state index contributed by atoms with van der Waals surface area (Å²) in [6.45, 7) is 2.06. The molecule has 8 heteroatoms. The Labute approximate surface area is 152 Å². The Kier molecular flexibility index (Phi) is 6.57. The predicted octanol–water partition coefficient (Wildman–Crippen LogP) is 2.10. The minimum atomic E-state index is -3.68. The number of hydrogen-bond donors (Lipinski definition) is 1. The molecule has 0 saturated carbocycles. The molecular weight excluding hydrogens is 359 g/mol. The third kappa shape index (κ3) is 6.03. The van der Waals surface area contributed by atoms with Gasteiger partial charge in [0.25, 0.3) is 0 Å². The molecule has 2 aromatic carbocycles. The van der Waals surface area contributed by atoms with Crippen LogP contribution in [0.3, 0.4) is 0 Å². The van der Waals surface area contributed by atoms with Crippen molar-refractivity contribution in [3.05, 3.63) is 59.9 Å². The normalized spacial score (nSPS) is 11.0. The van der Waals surface area contributed by atoms with Gasteiger partial charge in [0.15, 0.2) is 0 Å². The van der Waals surface area contributed by atoms with E-state index in [1.54, 1.807) is 0 Å². The van der Waals surface area contributed by atoms with Crippen LogP contribution in [0.25, 0.3) is 0 Å². The highest BCUT2D eigenvalue weighted by Gasteiger charge is 2.20. The second kappa shape index (κ2) is 8.66. The average molecular weight is 380 g/mol. The molecular formula is C18H21FN2O4S. The van der Waals surface area contributed by atoms with E-state index < -0.39 is 28.3 Å². The molecule has 0 bridgehead atoms. The van der Waals surface area contributed by atoms with Crippen LogP contribution in [-0.4, -0.2) is 40.3 Å². The van der Waals surface area contributed by atoms with Gasteiger partial charge in [-0.2, -0.15) is 0 Å². The smallest absolute Gasteiger partial charge is 0.240 e. The lowest BCUT2D eigenvalue weighted by Crippen LogP contribution is -2.41. The number of nitrogens with one attached hydrogen (secondary N) is 1. The van der Waals surface area contributed by atoms with Gasteiger partial charge >= 0.3 is 0 Å². The molecule has 0 fully saturated rings. The fourth-order valence-electron chi connectivity index (χ4n) is 2.19. The van der Waals surface area contributed by atoms with E-state index in [0.717, 1.165) is 28.3 Å². The summed E-state index contributed by atoms with van der Waals surface area (Å²) in [5, 5.41) is 2.60. The fourth-order valence-corrected chi connectivity index (χ4v) is 3.04. The molecule has 0 unspecified atom stereocenters. The van der Waals surface area contributed by atoms with Gasteiger partial charge in [-0.1, -0.05) is 17.7 Å². The van der Waals surface area contributed by atoms with Gasteiger partial charge in [0, 0.05) is 0 Å². The summed E-state index contributed by atoms with van der Waals surface area (Å²) in [5.41, 5.74) is 1.34. The van der Waals surface area contributed by atoms with Crippen LogP contribution >= 0.6 is 0 Å². The Morgan fingerprint density at radius 1 is 1.12 bits per heavy atom. The number of amides is 1. The first-order chi connectivity index (χ1) is 12.3. The van der Waals surface area contributed by atoms with Crippen molar-refractivity contribution in [3.63, 3.8) is 0 Å². The van der Waals surface area contributed by atoms with Gasteiger partial charge in [-0.15, -0.1) is 0 Å². The topological polar surface area (TPSA) is 75.7 Å². The van der Waals surface area contributed by atoms with Crippen molar-refractivity contribution in [2.75, 3.05) is 30.3 Å². The number of carbonyl (C=O) groups excluding carboxylic acids is 1. The number of rotatable bonds is 8. The van der Waals surface area contributed by atoms with Crippen LogP contribution in [0.4, 0.5) is 10.1 Å². The zero-order chi connectivity index (χ0) is 19.2. The highest BCUT2D eigenvalue weighted by atomic mass is 32.2. The number of anilines is 1. The molecule has 0 atom stereocenters. The zero-order valence-electron chi connectivity index (χ0n) is 14.6. The minimum absolute atomic E-state index is 0.222. The van der Waals surface area contributed by atoms with Crippen molar-refractivity contribution in [1.82, 2.24) is 5.32 Å². The molecule has 0 aliphatic rings. The van der Waals surface area contributed by atoms with E-state index in [4.69, 9.17) is 4.74 Å². The van der Waals surface area contributed by atoms with Crippen molar-refractivity contribution in [2.45, 2.75) is 6.92 Å². The Hall–Kier alpha value is -2.61. The van der Waals surface area contributed by atoms with Crippen LogP contribution < -0.4 is 14.4 Å². The summed E-state index contributed by atoms with van der Waals surface area (Å²) < 4.78 is 43.3. The Morgan fingerprint density at radius 3 is 2.31 bits per heavy atom. The van der Waals surface area contributed by atoms with E-state index in [1.807, 2.05) is 31.2 Å². The number of ether oxygens (including phenoxy) is 1. The maximum atomic E-state index is 13.0. The van der Waals surface area contributed by atoms with Gasteiger partial charge in [0.05, 0.1) is 18.5 Å². The summed E-state index contributed by atoms with van der Waals surface area (Å²) in [7, 11) is -3.68. The average Bonchev–Trinajstić information content (AvgIpc) is 2.58. The lowest BCUT2D eigenvalue weighted by Gasteiger charge is -2.21. The molecule has 2 rings (SSSR count). The van der Waals surface area contributed by atoms with Crippen LogP contribution in [0, 0.1) is 12.7 Å². The van der Waals surface area contributed by atoms with Gasteiger partial charge in [-0.25, -0.2) is 12.8 Å². The summed E-state index contributed by atoms with van der Waals surface area (Å²) in [6, 6.07) is 12.4. The molecule has 0 aliphatic heterocycles. The number of aryl methyl sites for hydroxylation is 1. The SMILES string of the molecule is Cc1ccc(OCCNC(=O)CN(c2ccc(F)cc2)S(C)(=O)=O)cc1. The molecule has 1 N–H and O–H groups in total. The van der Waals surface area contributed by atoms with Crippen LogP contribution in [0.1, 0.15) is 5.56 Å². The van der Waals surface area contributed by atoms with Gasteiger partial charge in [0.1, 0.15) is 24.7 Å². The summed E-state index contributed by atoms with van der Waals surface area (Å²) in [4.78, 5) is 12.0. The van der Waals surface area contributed by atoms with Gasteiger partial charge < -0.3 is 10.1 Å². The van der Waals surface area contributed by atoms with Crippen molar-refractivity contribution >= 4 is 21.6 Å². The molecule has 2 aromatic rings. The maximum Gasteiger partial charge on any atom is 0.240 e. The monoisotopic (exact) mass is 380 g/mol. The number of carbonyl (C=O) groups is 1. The first kappa shape index (κ1) is 19.7. The Bertz CT molecular complexity index is 836. The minimum Gasteiger partial charge on any atom is -0.492 e. The van der Waals surface area contributed by atoms with Crippen LogP contribution in [0.2, 0.25) is 0 Å². The number of halogens is 1. The number of benzene rings is 2. The van der Waals surface area contributed by atoms with Crippen molar-refractivity contribution in [1.29, 1.82) is 0 Å². The zero-order valence-corrected chi connectivity index (χ0v) is 15.4. The third-order valence-electron chi connectivity index (χ3n) is 3.52. The fraction of sp³-hybridized carbons (Fsp3) is 0.278. The molecule has 140 valence electrons. The lowest BCUT2D eigenvalue weighted by molar-refractivity contribution is -0.119.